The second-order valence-electron chi connectivity index (χ2n) is 14.3. The third-order valence-corrected chi connectivity index (χ3v) is 13.5. The number of aryl methyl sites for hydroxylation is 1. The molecule has 1 spiro atoms. The predicted octanol–water partition coefficient (Wildman–Crippen LogP) is 6.41. The standard InChI is InChI=1S/C36H45ClN2O5S/c1-2-24-5-3-7-32(40)29-13-10-27(29)20-39-21-36(16-4-6-25-18-28(37)12-14-30(25)36)22-44-33-15-11-26(19-31(33)39)35(41)38-45(42,43)34(24)17-23-8-9-23/h3,7,11-12,14-15,18-19,23-24,27,29,32,34,40H,2,4-6,8-10,13,16-17,20-22H2,1H3,(H,38,41)/b7-3+/t24-,27?,29?,32?,34?,36+/m1/s1. The summed E-state index contributed by atoms with van der Waals surface area (Å²) in [6.07, 6.45) is 12.1. The minimum Gasteiger partial charge on any atom is -0.490 e. The minimum absolute atomic E-state index is 0.132. The molecule has 2 aromatic carbocycles. The first-order chi connectivity index (χ1) is 21.7. The zero-order valence-electron chi connectivity index (χ0n) is 26.1. The number of ether oxygens (including phenoxy) is 1. The molecule has 2 fully saturated rings. The predicted molar refractivity (Wildman–Crippen MR) is 177 cm³/mol. The minimum atomic E-state index is -3.94. The third kappa shape index (κ3) is 6.15. The molecule has 2 aromatic rings. The van der Waals surface area contributed by atoms with Gasteiger partial charge >= 0.3 is 0 Å². The smallest absolute Gasteiger partial charge is 0.264 e. The van der Waals surface area contributed by atoms with Crippen molar-refractivity contribution in [1.82, 2.24) is 4.72 Å². The number of nitrogens with one attached hydrogen (secondary N) is 1. The average Bonchev–Trinajstić information content (AvgIpc) is 3.83. The van der Waals surface area contributed by atoms with Crippen LogP contribution in [0.1, 0.15) is 86.2 Å². The Morgan fingerprint density at radius 3 is 2.73 bits per heavy atom. The van der Waals surface area contributed by atoms with Crippen LogP contribution in [0.2, 0.25) is 5.02 Å². The summed E-state index contributed by atoms with van der Waals surface area (Å²) in [6.45, 7) is 3.95. The van der Waals surface area contributed by atoms with E-state index in [2.05, 4.69) is 21.8 Å². The van der Waals surface area contributed by atoms with Crippen LogP contribution in [0.5, 0.6) is 5.75 Å². The lowest BCUT2D eigenvalue weighted by atomic mass is 9.68. The number of nitrogens with zero attached hydrogens (tertiary/aromatic N) is 1. The largest absolute Gasteiger partial charge is 0.490 e. The second kappa shape index (κ2) is 12.2. The van der Waals surface area contributed by atoms with E-state index in [4.69, 9.17) is 16.3 Å². The molecule has 4 unspecified atom stereocenters. The molecule has 9 heteroatoms. The summed E-state index contributed by atoms with van der Waals surface area (Å²) in [5.74, 6) is 0.777. The van der Waals surface area contributed by atoms with E-state index in [1.54, 1.807) is 6.07 Å². The molecular weight excluding hydrogens is 608 g/mol. The van der Waals surface area contributed by atoms with Gasteiger partial charge in [-0.3, -0.25) is 4.79 Å². The molecule has 2 bridgehead atoms. The SMILES string of the molecule is CC[C@@H]1C/C=C/C(O)C2CCC2CN2C[C@@]3(CCCc4cc(Cl)ccc43)COc3ccc(cc32)C(=O)NS(=O)(=O)C1CC1CC1. The molecule has 0 radical (unpaired) electrons. The first kappa shape index (κ1) is 31.1. The molecule has 5 aliphatic rings. The average molecular weight is 653 g/mol. The normalized spacial score (nSPS) is 33.5. The molecule has 2 saturated carbocycles. The summed E-state index contributed by atoms with van der Waals surface area (Å²) in [4.78, 5) is 16.0. The number of rotatable bonds is 3. The Morgan fingerprint density at radius 2 is 1.98 bits per heavy atom. The van der Waals surface area contributed by atoms with Crippen molar-refractivity contribution in [2.24, 2.45) is 23.7 Å². The molecule has 0 aromatic heterocycles. The number of carbonyl (C=O) groups excluding carboxylic acids is 1. The van der Waals surface area contributed by atoms with Gasteiger partial charge in [-0.1, -0.05) is 56.0 Å². The van der Waals surface area contributed by atoms with Crippen LogP contribution in [0.3, 0.4) is 0 Å². The number of halogens is 1. The molecule has 2 N–H and O–H groups in total. The Hall–Kier alpha value is -2.55. The van der Waals surface area contributed by atoms with E-state index in [1.165, 1.54) is 11.1 Å². The van der Waals surface area contributed by atoms with Gasteiger partial charge in [0.2, 0.25) is 10.0 Å². The van der Waals surface area contributed by atoms with Crippen molar-refractivity contribution < 1.29 is 23.1 Å². The quantitative estimate of drug-likeness (QED) is 0.372. The molecule has 7 nitrogen and oxygen atoms in total. The van der Waals surface area contributed by atoms with E-state index in [0.717, 1.165) is 62.2 Å². The van der Waals surface area contributed by atoms with Crippen LogP contribution in [-0.4, -0.2) is 50.5 Å². The van der Waals surface area contributed by atoms with E-state index < -0.39 is 27.3 Å². The van der Waals surface area contributed by atoms with E-state index in [0.29, 0.717) is 49.6 Å². The van der Waals surface area contributed by atoms with Gasteiger partial charge in [-0.2, -0.15) is 0 Å². The fourth-order valence-electron chi connectivity index (χ4n) is 8.44. The van der Waals surface area contributed by atoms with Crippen molar-refractivity contribution >= 4 is 33.2 Å². The Morgan fingerprint density at radius 1 is 1.13 bits per heavy atom. The van der Waals surface area contributed by atoms with E-state index in [9.17, 15) is 18.3 Å². The van der Waals surface area contributed by atoms with Crippen molar-refractivity contribution in [2.45, 2.75) is 87.9 Å². The van der Waals surface area contributed by atoms with Gasteiger partial charge in [-0.15, -0.1) is 0 Å². The van der Waals surface area contributed by atoms with Crippen LogP contribution < -0.4 is 14.4 Å². The van der Waals surface area contributed by atoms with E-state index >= 15 is 0 Å². The van der Waals surface area contributed by atoms with Crippen molar-refractivity contribution in [3.8, 4) is 5.75 Å². The molecule has 2 heterocycles. The topological polar surface area (TPSA) is 95.9 Å². The van der Waals surface area contributed by atoms with Crippen LogP contribution in [0.15, 0.2) is 48.6 Å². The third-order valence-electron chi connectivity index (χ3n) is 11.4. The lowest BCUT2D eigenvalue weighted by Crippen LogP contribution is -2.49. The zero-order valence-corrected chi connectivity index (χ0v) is 27.7. The van der Waals surface area contributed by atoms with Crippen LogP contribution in [0.25, 0.3) is 0 Å². The number of anilines is 1. The summed E-state index contributed by atoms with van der Waals surface area (Å²) >= 11 is 6.41. The van der Waals surface area contributed by atoms with Gasteiger partial charge in [0.15, 0.2) is 0 Å². The van der Waals surface area contributed by atoms with Crippen LogP contribution in [0.4, 0.5) is 5.69 Å². The summed E-state index contributed by atoms with van der Waals surface area (Å²) in [5, 5.41) is 11.4. The highest BCUT2D eigenvalue weighted by Crippen LogP contribution is 2.47. The summed E-state index contributed by atoms with van der Waals surface area (Å²) in [7, 11) is -3.94. The van der Waals surface area contributed by atoms with Gasteiger partial charge in [-0.25, -0.2) is 13.1 Å². The summed E-state index contributed by atoms with van der Waals surface area (Å²) in [5.41, 5.74) is 3.39. The molecule has 242 valence electrons. The van der Waals surface area contributed by atoms with Gasteiger partial charge in [-0.05, 0) is 110 Å². The molecule has 45 heavy (non-hydrogen) atoms. The Bertz CT molecular complexity index is 1590. The zero-order chi connectivity index (χ0) is 31.3. The highest BCUT2D eigenvalue weighted by atomic mass is 35.5. The first-order valence-electron chi connectivity index (χ1n) is 16.9. The molecule has 7 rings (SSSR count). The Balaban J connectivity index is 1.28. The van der Waals surface area contributed by atoms with E-state index in [-0.39, 0.29) is 23.2 Å². The van der Waals surface area contributed by atoms with Crippen molar-refractivity contribution in [3.05, 3.63) is 70.3 Å². The number of aliphatic hydroxyl groups is 1. The number of hydrogen-bond donors (Lipinski definition) is 2. The molecule has 6 atom stereocenters. The van der Waals surface area contributed by atoms with Crippen molar-refractivity contribution in [2.75, 3.05) is 24.6 Å². The maximum atomic E-state index is 13.8. The van der Waals surface area contributed by atoms with Gasteiger partial charge in [0.05, 0.1) is 23.6 Å². The number of benzene rings is 2. The molecule has 2 aliphatic heterocycles. The number of hydrogen-bond acceptors (Lipinski definition) is 6. The molecule has 1 amide bonds. The van der Waals surface area contributed by atoms with Gasteiger partial charge < -0.3 is 14.7 Å². The number of allylic oxidation sites excluding steroid dienone is 1. The maximum Gasteiger partial charge on any atom is 0.264 e. The Kier molecular flexibility index (Phi) is 8.45. The number of aliphatic hydroxyl groups excluding tert-OH is 1. The highest BCUT2D eigenvalue weighted by molar-refractivity contribution is 7.90. The lowest BCUT2D eigenvalue weighted by molar-refractivity contribution is 0.0455. The van der Waals surface area contributed by atoms with Gasteiger partial charge in [0.25, 0.3) is 5.91 Å². The first-order valence-corrected chi connectivity index (χ1v) is 18.8. The van der Waals surface area contributed by atoms with Gasteiger partial charge in [0, 0.05) is 29.1 Å². The molecular formula is C36H45ClN2O5S. The van der Waals surface area contributed by atoms with Crippen LogP contribution in [-0.2, 0) is 21.9 Å². The van der Waals surface area contributed by atoms with Gasteiger partial charge in [0.1, 0.15) is 5.75 Å². The van der Waals surface area contributed by atoms with Crippen LogP contribution in [0, 0.1) is 23.7 Å². The summed E-state index contributed by atoms with van der Waals surface area (Å²) in [6, 6.07) is 11.5. The van der Waals surface area contributed by atoms with E-state index in [1.807, 2.05) is 37.3 Å². The van der Waals surface area contributed by atoms with Crippen molar-refractivity contribution in [3.63, 3.8) is 0 Å². The fourth-order valence-corrected chi connectivity index (χ4v) is 10.5. The number of carbonyl (C=O) groups is 1. The highest BCUT2D eigenvalue weighted by Gasteiger charge is 2.45. The lowest BCUT2D eigenvalue weighted by Gasteiger charge is -2.45. The summed E-state index contributed by atoms with van der Waals surface area (Å²) < 4.78 is 36.8. The molecule has 3 aliphatic carbocycles. The fraction of sp³-hybridized carbons (Fsp3) is 0.583. The monoisotopic (exact) mass is 652 g/mol. The molecule has 0 saturated heterocycles. The number of amides is 1. The number of sulfonamides is 1. The number of fused-ring (bicyclic) bond motifs is 4. The maximum absolute atomic E-state index is 13.8. The second-order valence-corrected chi connectivity index (χ2v) is 16.6. The van der Waals surface area contributed by atoms with Crippen molar-refractivity contribution in [1.29, 1.82) is 0 Å². The van der Waals surface area contributed by atoms with Crippen LogP contribution >= 0.6 is 11.6 Å². The Labute approximate surface area is 272 Å².